The molecular formula is C21H21N3O3S. The first-order chi connectivity index (χ1) is 13.5. The number of carbonyl (C=O) groups excluding carboxylic acids is 1. The quantitative estimate of drug-likeness (QED) is 0.732. The summed E-state index contributed by atoms with van der Waals surface area (Å²) >= 11 is 0. The van der Waals surface area contributed by atoms with Crippen LogP contribution in [0.1, 0.15) is 28.8 Å². The van der Waals surface area contributed by atoms with E-state index in [0.29, 0.717) is 24.3 Å². The van der Waals surface area contributed by atoms with Crippen LogP contribution in [-0.2, 0) is 10.0 Å². The lowest BCUT2D eigenvalue weighted by molar-refractivity contribution is 0.102. The van der Waals surface area contributed by atoms with Gasteiger partial charge in [-0.05, 0) is 49.6 Å². The van der Waals surface area contributed by atoms with Gasteiger partial charge in [-0.25, -0.2) is 8.42 Å². The highest BCUT2D eigenvalue weighted by molar-refractivity contribution is 7.89. The fraction of sp³-hybridized carbons (Fsp3) is 0.238. The molecule has 1 N–H and O–H groups in total. The second kappa shape index (κ2) is 7.33. The summed E-state index contributed by atoms with van der Waals surface area (Å²) < 4.78 is 27.0. The molecule has 0 aliphatic carbocycles. The van der Waals surface area contributed by atoms with Crippen molar-refractivity contribution in [2.24, 2.45) is 0 Å². The van der Waals surface area contributed by atoms with E-state index >= 15 is 0 Å². The number of para-hydroxylation sites is 1. The second-order valence-corrected chi connectivity index (χ2v) is 8.86. The number of pyridine rings is 1. The van der Waals surface area contributed by atoms with Crippen molar-refractivity contribution in [3.05, 3.63) is 65.9 Å². The van der Waals surface area contributed by atoms with Crippen molar-refractivity contribution in [1.29, 1.82) is 0 Å². The lowest BCUT2D eigenvalue weighted by Crippen LogP contribution is -2.28. The van der Waals surface area contributed by atoms with E-state index < -0.39 is 10.0 Å². The molecule has 4 rings (SSSR count). The Hall–Kier alpha value is -2.77. The van der Waals surface area contributed by atoms with Gasteiger partial charge in [0.05, 0.1) is 16.1 Å². The first-order valence-corrected chi connectivity index (χ1v) is 10.7. The summed E-state index contributed by atoms with van der Waals surface area (Å²) in [7, 11) is -3.56. The van der Waals surface area contributed by atoms with E-state index in [-0.39, 0.29) is 10.8 Å². The number of sulfonamides is 1. The van der Waals surface area contributed by atoms with E-state index in [1.165, 1.54) is 16.4 Å². The molecule has 0 atom stereocenters. The van der Waals surface area contributed by atoms with Crippen molar-refractivity contribution in [2.45, 2.75) is 24.7 Å². The number of aryl methyl sites for hydroxylation is 1. The van der Waals surface area contributed by atoms with Gasteiger partial charge in [-0.1, -0.05) is 24.3 Å². The molecule has 1 aromatic heterocycles. The van der Waals surface area contributed by atoms with Crippen molar-refractivity contribution in [2.75, 3.05) is 18.4 Å². The molecule has 2 heterocycles. The molecule has 1 saturated heterocycles. The van der Waals surface area contributed by atoms with Crippen LogP contribution in [0.25, 0.3) is 10.9 Å². The van der Waals surface area contributed by atoms with E-state index in [4.69, 9.17) is 0 Å². The maximum atomic E-state index is 12.8. The summed E-state index contributed by atoms with van der Waals surface area (Å²) in [6.07, 6.45) is 3.39. The van der Waals surface area contributed by atoms with Crippen LogP contribution >= 0.6 is 0 Å². The van der Waals surface area contributed by atoms with Gasteiger partial charge in [-0.2, -0.15) is 4.31 Å². The van der Waals surface area contributed by atoms with Crippen molar-refractivity contribution < 1.29 is 13.2 Å². The summed E-state index contributed by atoms with van der Waals surface area (Å²) in [5, 5.41) is 3.73. The normalized spacial score (nSPS) is 15.0. The van der Waals surface area contributed by atoms with E-state index in [1.54, 1.807) is 24.4 Å². The van der Waals surface area contributed by atoms with Crippen LogP contribution in [0.15, 0.2) is 59.6 Å². The minimum Gasteiger partial charge on any atom is -0.321 e. The van der Waals surface area contributed by atoms with Gasteiger partial charge in [0, 0.05) is 30.2 Å². The molecular weight excluding hydrogens is 374 g/mol. The number of carbonyl (C=O) groups is 1. The minimum absolute atomic E-state index is 0.150. The molecule has 7 heteroatoms. The number of nitrogens with zero attached hydrogens (tertiary/aromatic N) is 2. The number of benzene rings is 2. The molecule has 3 aromatic rings. The smallest absolute Gasteiger partial charge is 0.255 e. The fourth-order valence-corrected chi connectivity index (χ4v) is 5.07. The summed E-state index contributed by atoms with van der Waals surface area (Å²) in [5.41, 5.74) is 2.79. The summed E-state index contributed by atoms with van der Waals surface area (Å²) in [6, 6.07) is 13.7. The Balaban J connectivity index is 1.64. The van der Waals surface area contributed by atoms with Crippen LogP contribution in [0, 0.1) is 6.92 Å². The molecule has 0 unspecified atom stereocenters. The van der Waals surface area contributed by atoms with Crippen LogP contribution in [0.3, 0.4) is 0 Å². The molecule has 0 spiro atoms. The Kier molecular flexibility index (Phi) is 4.87. The van der Waals surface area contributed by atoms with Crippen molar-refractivity contribution >= 4 is 32.5 Å². The maximum absolute atomic E-state index is 12.8. The Morgan fingerprint density at radius 1 is 1.07 bits per heavy atom. The third-order valence-electron chi connectivity index (χ3n) is 5.02. The third kappa shape index (κ3) is 3.39. The van der Waals surface area contributed by atoms with Gasteiger partial charge in [0.2, 0.25) is 10.0 Å². The van der Waals surface area contributed by atoms with E-state index in [1.807, 2.05) is 25.1 Å². The van der Waals surface area contributed by atoms with Gasteiger partial charge < -0.3 is 5.32 Å². The summed E-state index contributed by atoms with van der Waals surface area (Å²) in [5.74, 6) is -0.354. The number of hydrogen-bond donors (Lipinski definition) is 1. The molecule has 144 valence electrons. The average molecular weight is 395 g/mol. The van der Waals surface area contributed by atoms with Gasteiger partial charge in [0.15, 0.2) is 0 Å². The first kappa shape index (κ1) is 18.6. The van der Waals surface area contributed by atoms with E-state index in [0.717, 1.165) is 29.3 Å². The number of nitrogens with one attached hydrogen (secondary N) is 1. The molecule has 0 bridgehead atoms. The molecule has 6 nitrogen and oxygen atoms in total. The van der Waals surface area contributed by atoms with Gasteiger partial charge >= 0.3 is 0 Å². The summed E-state index contributed by atoms with van der Waals surface area (Å²) in [4.78, 5) is 17.3. The van der Waals surface area contributed by atoms with Crippen LogP contribution in [0.5, 0.6) is 0 Å². The molecule has 1 fully saturated rings. The zero-order valence-corrected chi connectivity index (χ0v) is 16.4. The topological polar surface area (TPSA) is 79.4 Å². The van der Waals surface area contributed by atoms with Crippen LogP contribution in [0.4, 0.5) is 5.69 Å². The van der Waals surface area contributed by atoms with Gasteiger partial charge in [0.25, 0.3) is 5.91 Å². The van der Waals surface area contributed by atoms with Crippen LogP contribution < -0.4 is 5.32 Å². The third-order valence-corrected chi connectivity index (χ3v) is 6.91. The zero-order valence-electron chi connectivity index (χ0n) is 15.6. The highest BCUT2D eigenvalue weighted by Gasteiger charge is 2.27. The van der Waals surface area contributed by atoms with Crippen LogP contribution in [-0.4, -0.2) is 36.7 Å². The molecule has 0 radical (unpaired) electrons. The van der Waals surface area contributed by atoms with Gasteiger partial charge in [-0.15, -0.1) is 0 Å². The predicted octanol–water partition coefficient (Wildman–Crippen LogP) is 3.58. The number of rotatable bonds is 4. The van der Waals surface area contributed by atoms with Gasteiger partial charge in [0.1, 0.15) is 0 Å². The monoisotopic (exact) mass is 395 g/mol. The van der Waals surface area contributed by atoms with E-state index in [9.17, 15) is 13.2 Å². The van der Waals surface area contributed by atoms with Gasteiger partial charge in [-0.3, -0.25) is 9.78 Å². The predicted molar refractivity (Wildman–Crippen MR) is 109 cm³/mol. The lowest BCUT2D eigenvalue weighted by atomic mass is 10.1. The average Bonchev–Trinajstić information content (AvgIpc) is 3.25. The molecule has 2 aromatic carbocycles. The van der Waals surface area contributed by atoms with Crippen LogP contribution in [0.2, 0.25) is 0 Å². The van der Waals surface area contributed by atoms with E-state index in [2.05, 4.69) is 10.3 Å². The molecule has 1 aliphatic rings. The zero-order chi connectivity index (χ0) is 19.7. The lowest BCUT2D eigenvalue weighted by Gasteiger charge is -2.16. The largest absolute Gasteiger partial charge is 0.321 e. The standard InChI is InChI=1S/C21H21N3O3S/c1-15-6-4-9-18-19(10-11-22-20(15)18)23-21(25)16-7-5-8-17(14-16)28(26,27)24-12-2-3-13-24/h4-11,14H,2-3,12-13H2,1H3,(H,22,23,25). The molecule has 1 amide bonds. The number of aromatic nitrogens is 1. The van der Waals surface area contributed by atoms with Crippen molar-refractivity contribution in [3.63, 3.8) is 0 Å². The maximum Gasteiger partial charge on any atom is 0.255 e. The number of amides is 1. The second-order valence-electron chi connectivity index (χ2n) is 6.92. The molecule has 1 aliphatic heterocycles. The highest BCUT2D eigenvalue weighted by atomic mass is 32.2. The Morgan fingerprint density at radius 2 is 1.82 bits per heavy atom. The number of fused-ring (bicyclic) bond motifs is 1. The SMILES string of the molecule is Cc1cccc2c(NC(=O)c3cccc(S(=O)(=O)N4CCCC4)c3)ccnc12. The minimum atomic E-state index is -3.56. The number of hydrogen-bond acceptors (Lipinski definition) is 4. The molecule has 0 saturated carbocycles. The first-order valence-electron chi connectivity index (χ1n) is 9.23. The Bertz CT molecular complexity index is 1150. The molecule has 28 heavy (non-hydrogen) atoms. The fourth-order valence-electron chi connectivity index (χ4n) is 3.50. The Labute approximate surface area is 164 Å². The summed E-state index contributed by atoms with van der Waals surface area (Å²) in [6.45, 7) is 3.02. The van der Waals surface area contributed by atoms with Crippen molar-refractivity contribution in [3.8, 4) is 0 Å². The Morgan fingerprint density at radius 3 is 2.61 bits per heavy atom. The van der Waals surface area contributed by atoms with Crippen molar-refractivity contribution in [1.82, 2.24) is 9.29 Å². The highest BCUT2D eigenvalue weighted by Crippen LogP contribution is 2.25. The number of anilines is 1.